The van der Waals surface area contributed by atoms with Crippen molar-refractivity contribution < 1.29 is 17.9 Å². The summed E-state index contributed by atoms with van der Waals surface area (Å²) in [7, 11) is 1.08. The fourth-order valence-corrected chi connectivity index (χ4v) is 4.29. The molecule has 0 radical (unpaired) electrons. The van der Waals surface area contributed by atoms with E-state index >= 15 is 0 Å². The number of amides is 1. The van der Waals surface area contributed by atoms with Crippen molar-refractivity contribution in [2.75, 3.05) is 47.4 Å². The Morgan fingerprint density at radius 1 is 1.23 bits per heavy atom. The van der Waals surface area contributed by atoms with Gasteiger partial charge in [-0.05, 0) is 32.0 Å². The van der Waals surface area contributed by atoms with Gasteiger partial charge in [0.25, 0.3) is 5.91 Å². The van der Waals surface area contributed by atoms with Gasteiger partial charge in [0, 0.05) is 58.5 Å². The third-order valence-corrected chi connectivity index (χ3v) is 6.61. The minimum Gasteiger partial charge on any atom is -0.383 e. The molecule has 0 aromatic heterocycles. The van der Waals surface area contributed by atoms with E-state index in [1.54, 1.807) is 24.1 Å². The highest BCUT2D eigenvalue weighted by atomic mass is 32.2. The Labute approximate surface area is 156 Å². The van der Waals surface area contributed by atoms with Crippen molar-refractivity contribution in [3.05, 3.63) is 29.8 Å². The molecule has 0 bridgehead atoms. The van der Waals surface area contributed by atoms with Crippen LogP contribution < -0.4 is 0 Å². The average molecular weight is 384 g/mol. The first kappa shape index (κ1) is 20.8. The lowest BCUT2D eigenvalue weighted by Gasteiger charge is -2.44. The molecule has 7 nitrogen and oxygen atoms in total. The number of rotatable bonds is 6. The van der Waals surface area contributed by atoms with Crippen LogP contribution in [0.3, 0.4) is 0 Å². The van der Waals surface area contributed by atoms with Crippen LogP contribution in [-0.4, -0.2) is 88.0 Å². The number of carbonyl (C=O) groups excluding carboxylic acids is 1. The van der Waals surface area contributed by atoms with E-state index in [9.17, 15) is 13.2 Å². The van der Waals surface area contributed by atoms with Gasteiger partial charge in [-0.15, -0.1) is 0 Å². The predicted molar refractivity (Wildman–Crippen MR) is 101 cm³/mol. The second-order valence-corrected chi connectivity index (χ2v) is 9.11. The number of ether oxygens (including phenoxy) is 1. The van der Waals surface area contributed by atoms with Gasteiger partial charge in [0.05, 0.1) is 11.5 Å². The van der Waals surface area contributed by atoms with Gasteiger partial charge in [0.1, 0.15) is 0 Å². The monoisotopic (exact) mass is 383 g/mol. The average Bonchev–Trinajstić information content (AvgIpc) is 2.60. The maximum Gasteiger partial charge on any atom is 0.254 e. The van der Waals surface area contributed by atoms with Gasteiger partial charge < -0.3 is 9.64 Å². The minimum atomic E-state index is -3.56. The molecule has 1 aliphatic heterocycles. The van der Waals surface area contributed by atoms with Crippen molar-refractivity contribution in [2.45, 2.75) is 30.8 Å². The van der Waals surface area contributed by atoms with Crippen LogP contribution >= 0.6 is 0 Å². The second kappa shape index (κ2) is 8.47. The first-order valence-corrected chi connectivity index (χ1v) is 10.2. The number of nitrogens with zero attached hydrogens (tertiary/aromatic N) is 3. The molecule has 0 spiro atoms. The zero-order valence-electron chi connectivity index (χ0n) is 16.2. The van der Waals surface area contributed by atoms with E-state index in [2.05, 4.69) is 18.7 Å². The summed E-state index contributed by atoms with van der Waals surface area (Å²) in [6.45, 7) is 6.90. The molecule has 2 unspecified atom stereocenters. The van der Waals surface area contributed by atoms with E-state index in [-0.39, 0.29) is 22.9 Å². The molecule has 1 aromatic carbocycles. The van der Waals surface area contributed by atoms with Gasteiger partial charge in [0.2, 0.25) is 10.0 Å². The standard InChI is InChI=1S/C18H29N3O4S/c1-14-12-20(13-15(2)21(14)9-10-25-5)18(22)16-7-6-8-17(11-16)26(23,24)19(3)4/h6-8,11,14-15H,9-10,12-13H2,1-5H3. The lowest BCUT2D eigenvalue weighted by atomic mass is 10.1. The summed E-state index contributed by atoms with van der Waals surface area (Å²) >= 11 is 0. The normalized spacial score (nSPS) is 22.0. The molecule has 0 N–H and O–H groups in total. The van der Waals surface area contributed by atoms with Crippen LogP contribution in [0.1, 0.15) is 24.2 Å². The zero-order chi connectivity index (χ0) is 19.5. The van der Waals surface area contributed by atoms with Gasteiger partial charge in [0.15, 0.2) is 0 Å². The first-order chi connectivity index (χ1) is 12.2. The number of hydrogen-bond acceptors (Lipinski definition) is 5. The molecule has 0 saturated carbocycles. The summed E-state index contributed by atoms with van der Waals surface area (Å²) in [6.07, 6.45) is 0. The Morgan fingerprint density at radius 2 is 1.85 bits per heavy atom. The van der Waals surface area contributed by atoms with E-state index < -0.39 is 10.0 Å². The summed E-state index contributed by atoms with van der Waals surface area (Å²) in [5, 5.41) is 0. The van der Waals surface area contributed by atoms with E-state index in [0.717, 1.165) is 10.8 Å². The summed E-state index contributed by atoms with van der Waals surface area (Å²) in [4.78, 5) is 17.2. The number of piperazine rings is 1. The third-order valence-electron chi connectivity index (χ3n) is 4.80. The Balaban J connectivity index is 2.18. The fourth-order valence-electron chi connectivity index (χ4n) is 3.34. The maximum absolute atomic E-state index is 12.9. The molecule has 1 heterocycles. The summed E-state index contributed by atoms with van der Waals surface area (Å²) < 4.78 is 30.9. The number of sulfonamides is 1. The highest BCUT2D eigenvalue weighted by molar-refractivity contribution is 7.89. The molecule has 2 rings (SSSR count). The minimum absolute atomic E-state index is 0.133. The number of methoxy groups -OCH3 is 1. The number of hydrogen-bond donors (Lipinski definition) is 0. The molecule has 1 amide bonds. The zero-order valence-corrected chi connectivity index (χ0v) is 17.0. The first-order valence-electron chi connectivity index (χ1n) is 8.75. The van der Waals surface area contributed by atoms with Crippen molar-refractivity contribution in [1.29, 1.82) is 0 Å². The smallest absolute Gasteiger partial charge is 0.254 e. The summed E-state index contributed by atoms with van der Waals surface area (Å²) in [5.41, 5.74) is 0.401. The largest absolute Gasteiger partial charge is 0.383 e. The van der Waals surface area contributed by atoms with E-state index in [0.29, 0.717) is 25.3 Å². The van der Waals surface area contributed by atoms with E-state index in [1.165, 1.54) is 26.2 Å². The summed E-state index contributed by atoms with van der Waals surface area (Å²) in [6, 6.07) is 6.69. The van der Waals surface area contributed by atoms with Crippen molar-refractivity contribution in [3.63, 3.8) is 0 Å². The Hall–Kier alpha value is -1.48. The molecular weight excluding hydrogens is 354 g/mol. The Bertz CT molecular complexity index is 724. The van der Waals surface area contributed by atoms with Gasteiger partial charge in [-0.3, -0.25) is 9.69 Å². The van der Waals surface area contributed by atoms with Crippen LogP contribution in [0.2, 0.25) is 0 Å². The molecule has 1 aromatic rings. The van der Waals surface area contributed by atoms with Crippen molar-refractivity contribution in [2.24, 2.45) is 0 Å². The SMILES string of the molecule is COCCN1C(C)CN(C(=O)c2cccc(S(=O)(=O)N(C)C)c2)CC1C. The fraction of sp³-hybridized carbons (Fsp3) is 0.611. The molecular formula is C18H29N3O4S. The molecule has 146 valence electrons. The van der Waals surface area contributed by atoms with Gasteiger partial charge >= 0.3 is 0 Å². The Morgan fingerprint density at radius 3 is 2.38 bits per heavy atom. The van der Waals surface area contributed by atoms with Crippen molar-refractivity contribution in [1.82, 2.24) is 14.1 Å². The molecule has 0 aliphatic carbocycles. The van der Waals surface area contributed by atoms with Gasteiger partial charge in [-0.2, -0.15) is 0 Å². The van der Waals surface area contributed by atoms with E-state index in [1.807, 2.05) is 0 Å². The highest BCUT2D eigenvalue weighted by Gasteiger charge is 2.32. The topological polar surface area (TPSA) is 70.2 Å². The molecule has 1 saturated heterocycles. The van der Waals surface area contributed by atoms with E-state index in [4.69, 9.17) is 4.74 Å². The highest BCUT2D eigenvalue weighted by Crippen LogP contribution is 2.20. The van der Waals surface area contributed by atoms with Crippen LogP contribution in [0.15, 0.2) is 29.2 Å². The van der Waals surface area contributed by atoms with Crippen LogP contribution in [0.5, 0.6) is 0 Å². The van der Waals surface area contributed by atoms with Gasteiger partial charge in [-0.25, -0.2) is 12.7 Å². The molecule has 2 atom stereocenters. The second-order valence-electron chi connectivity index (χ2n) is 6.95. The molecule has 1 fully saturated rings. The Kier molecular flexibility index (Phi) is 6.79. The van der Waals surface area contributed by atoms with Crippen LogP contribution in [0.4, 0.5) is 0 Å². The van der Waals surface area contributed by atoms with Crippen LogP contribution in [-0.2, 0) is 14.8 Å². The number of benzene rings is 1. The third kappa shape index (κ3) is 4.43. The van der Waals surface area contributed by atoms with Crippen molar-refractivity contribution in [3.8, 4) is 0 Å². The van der Waals surface area contributed by atoms with Gasteiger partial charge in [-0.1, -0.05) is 6.07 Å². The van der Waals surface area contributed by atoms with Crippen LogP contribution in [0.25, 0.3) is 0 Å². The lowest BCUT2D eigenvalue weighted by Crippen LogP contribution is -2.58. The van der Waals surface area contributed by atoms with Crippen LogP contribution in [0, 0.1) is 0 Å². The van der Waals surface area contributed by atoms with Crippen molar-refractivity contribution >= 4 is 15.9 Å². The maximum atomic E-state index is 12.9. The quantitative estimate of drug-likeness (QED) is 0.736. The molecule has 1 aliphatic rings. The predicted octanol–water partition coefficient (Wildman–Crippen LogP) is 1.12. The lowest BCUT2D eigenvalue weighted by molar-refractivity contribution is 0.0193. The number of carbonyl (C=O) groups is 1. The molecule has 8 heteroatoms. The molecule has 26 heavy (non-hydrogen) atoms. The summed E-state index contributed by atoms with van der Waals surface area (Å²) in [5.74, 6) is -0.133.